The van der Waals surface area contributed by atoms with Crippen LogP contribution in [-0.2, 0) is 10.0 Å². The van der Waals surface area contributed by atoms with Crippen LogP contribution in [0.5, 0.6) is 0 Å². The Morgan fingerprint density at radius 3 is 2.58 bits per heavy atom. The van der Waals surface area contributed by atoms with Gasteiger partial charge in [-0.1, -0.05) is 42.3 Å². The van der Waals surface area contributed by atoms with Crippen LogP contribution in [0, 0.1) is 35.5 Å². The van der Waals surface area contributed by atoms with Crippen molar-refractivity contribution in [2.45, 2.75) is 69.8 Å². The maximum Gasteiger partial charge on any atom is 0.257 e. The van der Waals surface area contributed by atoms with Crippen LogP contribution >= 0.6 is 0 Å². The first-order valence-corrected chi connectivity index (χ1v) is 13.7. The van der Waals surface area contributed by atoms with Crippen LogP contribution in [0.25, 0.3) is 0 Å². The van der Waals surface area contributed by atoms with Gasteiger partial charge in [-0.05, 0) is 81.8 Å². The number of nitrogens with one attached hydrogen (secondary N) is 2. The molecular weight excluding hydrogens is 436 g/mol. The zero-order valence-corrected chi connectivity index (χ0v) is 20.4. The first kappa shape index (κ1) is 23.1. The molecule has 4 N–H and O–H groups in total. The zero-order chi connectivity index (χ0) is 23.4. The van der Waals surface area contributed by atoms with Crippen molar-refractivity contribution in [2.24, 2.45) is 28.6 Å². The third-order valence-electron chi connectivity index (χ3n) is 9.33. The fourth-order valence-corrected chi connectivity index (χ4v) is 8.32. The smallest absolute Gasteiger partial charge is 0.257 e. The average Bonchev–Trinajstić information content (AvgIpc) is 3.14. The summed E-state index contributed by atoms with van der Waals surface area (Å²) < 4.78 is 25.6. The highest BCUT2D eigenvalue weighted by Gasteiger charge is 2.58. The Balaban J connectivity index is 1.33. The predicted octanol–water partition coefficient (Wildman–Crippen LogP) is 3.57. The van der Waals surface area contributed by atoms with Crippen molar-refractivity contribution in [1.82, 2.24) is 10.3 Å². The van der Waals surface area contributed by atoms with Gasteiger partial charge in [0.05, 0.1) is 17.6 Å². The van der Waals surface area contributed by atoms with Gasteiger partial charge in [0, 0.05) is 16.5 Å². The predicted molar refractivity (Wildman–Crippen MR) is 127 cm³/mol. The third-order valence-corrected chi connectivity index (χ3v) is 10.6. The van der Waals surface area contributed by atoms with Crippen molar-refractivity contribution in [1.29, 1.82) is 0 Å². The molecule has 0 aliphatic heterocycles. The highest BCUT2D eigenvalue weighted by molar-refractivity contribution is 7.89. The molecule has 2 saturated carbocycles. The molecule has 33 heavy (non-hydrogen) atoms. The summed E-state index contributed by atoms with van der Waals surface area (Å²) in [6.45, 7) is 4.36. The van der Waals surface area contributed by atoms with Gasteiger partial charge in [-0.2, -0.15) is 0 Å². The molecule has 180 valence electrons. The quantitative estimate of drug-likeness (QED) is 0.388. The summed E-state index contributed by atoms with van der Waals surface area (Å²) in [6.07, 6.45) is 10.3. The van der Waals surface area contributed by atoms with Crippen LogP contribution in [0.15, 0.2) is 52.6 Å². The Labute approximate surface area is 197 Å². The number of allylic oxidation sites excluding steroid dienone is 2. The molecule has 5 rings (SSSR count). The topological polar surface area (TPSA) is 98.7 Å². The van der Waals surface area contributed by atoms with Crippen molar-refractivity contribution in [3.8, 4) is 0 Å². The maximum absolute atomic E-state index is 12.8. The van der Waals surface area contributed by atoms with Gasteiger partial charge in [0.15, 0.2) is 0 Å². The molecule has 1 unspecified atom stereocenters. The summed E-state index contributed by atoms with van der Waals surface area (Å²) in [5, 5.41) is 20.7. The van der Waals surface area contributed by atoms with E-state index in [1.807, 2.05) is 13.0 Å². The van der Waals surface area contributed by atoms with E-state index in [0.717, 1.165) is 56.2 Å². The van der Waals surface area contributed by atoms with Gasteiger partial charge in [0.25, 0.3) is 10.0 Å². The Bertz CT molecular complexity index is 1080. The van der Waals surface area contributed by atoms with Gasteiger partial charge in [-0.25, -0.2) is 8.42 Å². The minimum Gasteiger partial charge on any atom is -0.395 e. The van der Waals surface area contributed by atoms with Gasteiger partial charge in [0.1, 0.15) is 0 Å². The fraction of sp³-hybridized carbons (Fsp3) is 0.615. The summed E-state index contributed by atoms with van der Waals surface area (Å²) >= 11 is 0. The van der Waals surface area contributed by atoms with Gasteiger partial charge < -0.3 is 15.6 Å². The van der Waals surface area contributed by atoms with E-state index in [1.54, 1.807) is 24.3 Å². The van der Waals surface area contributed by atoms with Crippen molar-refractivity contribution in [2.75, 3.05) is 6.61 Å². The summed E-state index contributed by atoms with van der Waals surface area (Å²) in [5.74, 6) is 1.34. The second-order valence-electron chi connectivity index (χ2n) is 10.9. The number of rotatable bonds is 5. The first-order chi connectivity index (χ1) is 15.7. The summed E-state index contributed by atoms with van der Waals surface area (Å²) in [6, 6.07) is 6.85. The zero-order valence-electron chi connectivity index (χ0n) is 19.5. The number of aryl methyl sites for hydroxylation is 1. The first-order valence-electron chi connectivity index (χ1n) is 12.2. The van der Waals surface area contributed by atoms with E-state index in [1.165, 1.54) is 5.57 Å². The Morgan fingerprint density at radius 2 is 1.85 bits per heavy atom. The molecule has 6 nitrogen and oxygen atoms in total. The van der Waals surface area contributed by atoms with Gasteiger partial charge in [-0.15, -0.1) is 4.83 Å². The van der Waals surface area contributed by atoms with Crippen LogP contribution in [-0.4, -0.2) is 31.3 Å². The number of hydrazine groups is 1. The second-order valence-corrected chi connectivity index (χ2v) is 12.6. The van der Waals surface area contributed by atoms with Crippen molar-refractivity contribution < 1.29 is 18.6 Å². The van der Waals surface area contributed by atoms with E-state index in [2.05, 4.69) is 23.3 Å². The largest absolute Gasteiger partial charge is 0.395 e. The molecule has 4 aliphatic carbocycles. The lowest BCUT2D eigenvalue weighted by atomic mass is 9.47. The number of benzene rings is 1. The van der Waals surface area contributed by atoms with Crippen LogP contribution in [0.4, 0.5) is 0 Å². The molecule has 0 bridgehead atoms. The molecule has 0 radical (unpaired) electrons. The molecule has 2 fully saturated rings. The number of sulfonamides is 1. The Kier molecular flexibility index (Phi) is 5.75. The lowest BCUT2D eigenvalue weighted by Crippen LogP contribution is -2.54. The number of hydrogen-bond acceptors (Lipinski definition) is 5. The van der Waals surface area contributed by atoms with Crippen molar-refractivity contribution in [3.63, 3.8) is 0 Å². The van der Waals surface area contributed by atoms with Crippen LogP contribution in [0.2, 0.25) is 0 Å². The van der Waals surface area contributed by atoms with E-state index in [9.17, 15) is 18.6 Å². The molecule has 0 spiro atoms. The molecule has 1 aromatic carbocycles. The van der Waals surface area contributed by atoms with Crippen LogP contribution in [0.1, 0.15) is 57.4 Å². The molecule has 4 aliphatic rings. The highest BCUT2D eigenvalue weighted by atomic mass is 32.2. The number of aliphatic hydroxyl groups excluding tert-OH is 2. The van der Waals surface area contributed by atoms with E-state index in [-0.39, 0.29) is 28.4 Å². The van der Waals surface area contributed by atoms with Gasteiger partial charge in [0.2, 0.25) is 0 Å². The number of fused-ring (bicyclic) bond motifs is 5. The third kappa shape index (κ3) is 3.68. The molecule has 7 heteroatoms. The van der Waals surface area contributed by atoms with Gasteiger partial charge in [-0.3, -0.25) is 0 Å². The average molecular weight is 473 g/mol. The molecule has 6 atom stereocenters. The number of aliphatic hydroxyl groups is 2. The summed E-state index contributed by atoms with van der Waals surface area (Å²) in [7, 11) is -3.65. The van der Waals surface area contributed by atoms with Crippen LogP contribution < -0.4 is 10.3 Å². The Hall–Kier alpha value is -1.67. The molecule has 0 amide bonds. The summed E-state index contributed by atoms with van der Waals surface area (Å²) in [4.78, 5) is 2.86. The minimum absolute atomic E-state index is 0.108. The lowest BCUT2D eigenvalue weighted by molar-refractivity contribution is -0.0650. The van der Waals surface area contributed by atoms with E-state index < -0.39 is 10.0 Å². The van der Waals surface area contributed by atoms with Gasteiger partial charge >= 0.3 is 0 Å². The lowest BCUT2D eigenvalue weighted by Gasteiger charge is -2.58. The summed E-state index contributed by atoms with van der Waals surface area (Å²) in [5.41, 5.74) is 6.05. The molecule has 0 saturated heterocycles. The molecule has 0 heterocycles. The monoisotopic (exact) mass is 472 g/mol. The highest BCUT2D eigenvalue weighted by Crippen LogP contribution is 2.65. The maximum atomic E-state index is 12.8. The normalized spacial score (nSPS) is 37.9. The van der Waals surface area contributed by atoms with E-state index >= 15 is 0 Å². The van der Waals surface area contributed by atoms with Crippen molar-refractivity contribution >= 4 is 10.0 Å². The standard InChI is InChI=1S/C26H36N2O4S/c1-17-3-6-20(7-4-17)33(31,32)28-27-24-10-9-22-21-8-5-18-15-19(30)11-14-26(18,16-29)23(21)12-13-25(22,24)2/h3-4,6-7,10,15,19,21-23,27-30H,5,8-9,11-14,16H2,1-2H3/t19?,21-,22-,23-,25-,26+/m0/s1. The Morgan fingerprint density at radius 1 is 1.09 bits per heavy atom. The minimum atomic E-state index is -3.65. The van der Waals surface area contributed by atoms with E-state index in [4.69, 9.17) is 0 Å². The van der Waals surface area contributed by atoms with E-state index in [0.29, 0.717) is 17.8 Å². The molecular formula is C26H36N2O4S. The molecule has 0 aromatic heterocycles. The van der Waals surface area contributed by atoms with Crippen molar-refractivity contribution in [3.05, 3.63) is 53.3 Å². The van der Waals surface area contributed by atoms with Crippen LogP contribution in [0.3, 0.4) is 0 Å². The molecule has 1 aromatic rings. The SMILES string of the molecule is Cc1ccc(S(=O)(=O)NNC2=CC[C@H]3[C@@H]4CCC5=CC(O)CC[C@]5(CO)[C@H]4CC[C@]23C)cc1. The fourth-order valence-electron chi connectivity index (χ4n) is 7.46. The number of hydrogen-bond donors (Lipinski definition) is 4. The second kappa shape index (κ2) is 8.22.